The first-order valence-corrected chi connectivity index (χ1v) is 7.67. The molecule has 1 saturated carbocycles. The lowest BCUT2D eigenvalue weighted by atomic mass is 10.1. The monoisotopic (exact) mass is 278 g/mol. The van der Waals surface area contributed by atoms with Gasteiger partial charge in [-0.05, 0) is 25.2 Å². The Morgan fingerprint density at radius 1 is 1.30 bits per heavy atom. The highest BCUT2D eigenvalue weighted by Crippen LogP contribution is 2.36. The van der Waals surface area contributed by atoms with Gasteiger partial charge in [0.05, 0.1) is 7.11 Å². The van der Waals surface area contributed by atoms with Crippen LogP contribution in [0.5, 0.6) is 5.75 Å². The molecule has 0 saturated heterocycles. The van der Waals surface area contributed by atoms with Gasteiger partial charge in [0.2, 0.25) is 5.75 Å². The molecule has 0 bridgehead atoms. The quantitative estimate of drug-likeness (QED) is 0.726. The Morgan fingerprint density at radius 2 is 2.05 bits per heavy atom. The van der Waals surface area contributed by atoms with Crippen LogP contribution in [0.1, 0.15) is 46.0 Å². The average molecular weight is 278 g/mol. The van der Waals surface area contributed by atoms with Crippen LogP contribution in [0.25, 0.3) is 0 Å². The highest BCUT2D eigenvalue weighted by atomic mass is 16.5. The average Bonchev–Trinajstić information content (AvgIpc) is 3.28. The van der Waals surface area contributed by atoms with E-state index in [0.717, 1.165) is 42.7 Å². The van der Waals surface area contributed by atoms with Crippen molar-refractivity contribution < 1.29 is 4.74 Å². The molecule has 0 aromatic carbocycles. The third-order valence-corrected chi connectivity index (χ3v) is 3.70. The molecule has 5 nitrogen and oxygen atoms in total. The molecule has 1 fully saturated rings. The normalized spacial score (nSPS) is 15.8. The summed E-state index contributed by atoms with van der Waals surface area (Å²) in [6.45, 7) is 5.22. The Balaban J connectivity index is 2.08. The van der Waals surface area contributed by atoms with Crippen LogP contribution in [0.2, 0.25) is 0 Å². The van der Waals surface area contributed by atoms with Crippen LogP contribution >= 0.6 is 0 Å². The van der Waals surface area contributed by atoms with Crippen molar-refractivity contribution in [2.45, 2.75) is 52.0 Å². The van der Waals surface area contributed by atoms with Gasteiger partial charge < -0.3 is 15.4 Å². The number of nitrogens with zero attached hydrogens (tertiary/aromatic N) is 2. The number of ether oxygens (including phenoxy) is 1. The van der Waals surface area contributed by atoms with Crippen LogP contribution in [0.15, 0.2) is 6.33 Å². The zero-order valence-corrected chi connectivity index (χ0v) is 12.8. The van der Waals surface area contributed by atoms with E-state index in [2.05, 4.69) is 34.4 Å². The third-order valence-electron chi connectivity index (χ3n) is 3.70. The maximum Gasteiger partial charge on any atom is 0.204 e. The molecule has 1 aliphatic carbocycles. The van der Waals surface area contributed by atoms with Gasteiger partial charge in [0, 0.05) is 12.6 Å². The van der Waals surface area contributed by atoms with Gasteiger partial charge in [-0.25, -0.2) is 9.97 Å². The van der Waals surface area contributed by atoms with Crippen LogP contribution < -0.4 is 15.4 Å². The molecule has 20 heavy (non-hydrogen) atoms. The van der Waals surface area contributed by atoms with Gasteiger partial charge in [0.25, 0.3) is 0 Å². The Labute approximate surface area is 121 Å². The summed E-state index contributed by atoms with van der Waals surface area (Å²) in [5.41, 5.74) is 0. The minimum Gasteiger partial charge on any atom is -0.490 e. The number of methoxy groups -OCH3 is 1. The van der Waals surface area contributed by atoms with Crippen LogP contribution in [-0.4, -0.2) is 29.7 Å². The molecule has 1 unspecified atom stereocenters. The second-order valence-corrected chi connectivity index (χ2v) is 5.46. The van der Waals surface area contributed by atoms with E-state index < -0.39 is 0 Å². The lowest BCUT2D eigenvalue weighted by molar-refractivity contribution is 0.413. The van der Waals surface area contributed by atoms with E-state index in [1.54, 1.807) is 13.4 Å². The van der Waals surface area contributed by atoms with E-state index in [9.17, 15) is 0 Å². The molecule has 2 rings (SSSR count). The van der Waals surface area contributed by atoms with Crippen LogP contribution in [0.4, 0.5) is 11.6 Å². The number of rotatable bonds is 9. The first-order valence-electron chi connectivity index (χ1n) is 7.67. The second-order valence-electron chi connectivity index (χ2n) is 5.46. The highest BCUT2D eigenvalue weighted by Gasteiger charge is 2.25. The van der Waals surface area contributed by atoms with E-state index in [0.29, 0.717) is 6.04 Å². The van der Waals surface area contributed by atoms with Gasteiger partial charge in [-0.1, -0.05) is 26.7 Å². The summed E-state index contributed by atoms with van der Waals surface area (Å²) < 4.78 is 5.49. The number of nitrogens with one attached hydrogen (secondary N) is 2. The molecule has 1 aromatic rings. The molecule has 1 heterocycles. The second kappa shape index (κ2) is 7.31. The van der Waals surface area contributed by atoms with Crippen LogP contribution in [0, 0.1) is 5.92 Å². The molecule has 1 aliphatic rings. The van der Waals surface area contributed by atoms with Gasteiger partial charge in [-0.2, -0.15) is 0 Å². The van der Waals surface area contributed by atoms with E-state index in [-0.39, 0.29) is 0 Å². The van der Waals surface area contributed by atoms with Crippen molar-refractivity contribution in [1.82, 2.24) is 9.97 Å². The maximum absolute atomic E-state index is 5.49. The van der Waals surface area contributed by atoms with Crippen LogP contribution in [-0.2, 0) is 0 Å². The van der Waals surface area contributed by atoms with Gasteiger partial charge in [0.15, 0.2) is 11.6 Å². The first-order chi connectivity index (χ1) is 9.78. The van der Waals surface area contributed by atoms with Gasteiger partial charge in [-0.15, -0.1) is 0 Å². The van der Waals surface area contributed by atoms with E-state index in [4.69, 9.17) is 4.74 Å². The zero-order chi connectivity index (χ0) is 14.4. The molecule has 0 spiro atoms. The minimum atomic E-state index is 0.463. The van der Waals surface area contributed by atoms with E-state index in [1.807, 2.05) is 0 Å². The van der Waals surface area contributed by atoms with Crippen molar-refractivity contribution in [1.29, 1.82) is 0 Å². The SMILES string of the molecule is CCCNc1ncnc(NC(CC)CC2CC2)c1OC. The summed E-state index contributed by atoms with van der Waals surface area (Å²) in [4.78, 5) is 8.61. The largest absolute Gasteiger partial charge is 0.490 e. The molecule has 1 atom stereocenters. The predicted molar refractivity (Wildman–Crippen MR) is 82.4 cm³/mol. The summed E-state index contributed by atoms with van der Waals surface area (Å²) >= 11 is 0. The first kappa shape index (κ1) is 14.9. The molecule has 5 heteroatoms. The third kappa shape index (κ3) is 3.99. The smallest absolute Gasteiger partial charge is 0.204 e. The van der Waals surface area contributed by atoms with Gasteiger partial charge in [-0.3, -0.25) is 0 Å². The molecule has 1 aromatic heterocycles. The number of hydrogen-bond acceptors (Lipinski definition) is 5. The molecule has 112 valence electrons. The zero-order valence-electron chi connectivity index (χ0n) is 12.8. The molecule has 0 amide bonds. The number of hydrogen-bond donors (Lipinski definition) is 2. The molecular formula is C15H26N4O. The van der Waals surface area contributed by atoms with E-state index in [1.165, 1.54) is 19.3 Å². The Hall–Kier alpha value is -1.52. The Kier molecular flexibility index (Phi) is 5.44. The number of aromatic nitrogens is 2. The highest BCUT2D eigenvalue weighted by molar-refractivity contribution is 5.63. The van der Waals surface area contributed by atoms with Crippen molar-refractivity contribution in [3.8, 4) is 5.75 Å². The van der Waals surface area contributed by atoms with Gasteiger partial charge in [0.1, 0.15) is 6.33 Å². The minimum absolute atomic E-state index is 0.463. The Bertz CT molecular complexity index is 420. The summed E-state index contributed by atoms with van der Waals surface area (Å²) in [6.07, 6.45) is 7.72. The molecular weight excluding hydrogens is 252 g/mol. The molecule has 0 radical (unpaired) electrons. The predicted octanol–water partition coefficient (Wildman–Crippen LogP) is 3.30. The fraction of sp³-hybridized carbons (Fsp3) is 0.733. The molecule has 0 aliphatic heterocycles. The number of anilines is 2. The van der Waals surface area contributed by atoms with Crippen molar-refractivity contribution in [2.75, 3.05) is 24.3 Å². The summed E-state index contributed by atoms with van der Waals surface area (Å²) in [6, 6.07) is 0.463. The maximum atomic E-state index is 5.49. The lowest BCUT2D eigenvalue weighted by Crippen LogP contribution is -2.21. The Morgan fingerprint density at radius 3 is 2.65 bits per heavy atom. The summed E-state index contributed by atoms with van der Waals surface area (Å²) in [5.74, 6) is 3.19. The summed E-state index contributed by atoms with van der Waals surface area (Å²) in [5, 5.41) is 6.80. The summed E-state index contributed by atoms with van der Waals surface area (Å²) in [7, 11) is 1.67. The van der Waals surface area contributed by atoms with Crippen molar-refractivity contribution >= 4 is 11.6 Å². The van der Waals surface area contributed by atoms with Crippen molar-refractivity contribution in [3.05, 3.63) is 6.33 Å². The van der Waals surface area contributed by atoms with Crippen molar-refractivity contribution in [3.63, 3.8) is 0 Å². The molecule has 2 N–H and O–H groups in total. The fourth-order valence-corrected chi connectivity index (χ4v) is 2.32. The van der Waals surface area contributed by atoms with Gasteiger partial charge >= 0.3 is 0 Å². The standard InChI is InChI=1S/C15H26N4O/c1-4-8-16-14-13(20-3)15(18-10-17-14)19-12(5-2)9-11-6-7-11/h10-12H,4-9H2,1-3H3,(H2,16,17,18,19). The topological polar surface area (TPSA) is 59.1 Å². The lowest BCUT2D eigenvalue weighted by Gasteiger charge is -2.20. The van der Waals surface area contributed by atoms with Crippen LogP contribution in [0.3, 0.4) is 0 Å². The van der Waals surface area contributed by atoms with E-state index >= 15 is 0 Å². The fourth-order valence-electron chi connectivity index (χ4n) is 2.32. The van der Waals surface area contributed by atoms with Crippen molar-refractivity contribution in [2.24, 2.45) is 5.92 Å².